The second-order valence-corrected chi connectivity index (χ2v) is 5.92. The lowest BCUT2D eigenvalue weighted by Gasteiger charge is -2.15. The summed E-state index contributed by atoms with van der Waals surface area (Å²) >= 11 is 1.66. The fourth-order valence-electron chi connectivity index (χ4n) is 2.12. The highest BCUT2D eigenvalue weighted by molar-refractivity contribution is 7.16. The first-order valence-electron chi connectivity index (χ1n) is 7.51. The van der Waals surface area contributed by atoms with E-state index in [2.05, 4.69) is 52.8 Å². The minimum absolute atomic E-state index is 0.700. The van der Waals surface area contributed by atoms with Crippen molar-refractivity contribution in [3.63, 3.8) is 0 Å². The van der Waals surface area contributed by atoms with Gasteiger partial charge in [-0.1, -0.05) is 33.6 Å². The lowest BCUT2D eigenvalue weighted by atomic mass is 10.0. The van der Waals surface area contributed by atoms with Crippen LogP contribution in [-0.4, -0.2) is 23.1 Å². The van der Waals surface area contributed by atoms with E-state index >= 15 is 0 Å². The zero-order chi connectivity index (χ0) is 14.4. The highest BCUT2D eigenvalue weighted by Gasteiger charge is 2.10. The van der Waals surface area contributed by atoms with Gasteiger partial charge in [0.2, 0.25) is 5.95 Å². The molecular weight excluding hydrogens is 268 g/mol. The molecule has 0 aromatic carbocycles. The Hall–Kier alpha value is -1.36. The maximum absolute atomic E-state index is 4.62. The first-order chi connectivity index (χ1) is 9.78. The van der Waals surface area contributed by atoms with Crippen LogP contribution in [-0.2, 0) is 0 Å². The number of nitrogens with zero attached hydrogens (tertiary/aromatic N) is 2. The molecule has 0 aliphatic rings. The van der Waals surface area contributed by atoms with Crippen LogP contribution in [0, 0.1) is 5.92 Å². The summed E-state index contributed by atoms with van der Waals surface area (Å²) < 4.78 is 0. The van der Waals surface area contributed by atoms with Crippen molar-refractivity contribution < 1.29 is 0 Å². The standard InChI is InChI=1S/C15H24N4S/c1-4-8-16-15-18-13(17-10-11(5-2)6-3)12-7-9-20-14(12)19-15/h7,9,11H,4-6,8,10H2,1-3H3,(H2,16,17,18,19). The Morgan fingerprint density at radius 2 is 1.95 bits per heavy atom. The SMILES string of the molecule is CCCNc1nc(NCC(CC)CC)c2ccsc2n1. The van der Waals surface area contributed by atoms with Crippen molar-refractivity contribution in [3.8, 4) is 0 Å². The predicted octanol–water partition coefficient (Wildman–Crippen LogP) is 4.36. The van der Waals surface area contributed by atoms with E-state index in [0.717, 1.165) is 41.5 Å². The highest BCUT2D eigenvalue weighted by Crippen LogP contribution is 2.26. The Labute approximate surface area is 125 Å². The molecule has 2 N–H and O–H groups in total. The number of aromatic nitrogens is 2. The minimum Gasteiger partial charge on any atom is -0.369 e. The van der Waals surface area contributed by atoms with Gasteiger partial charge in [-0.25, -0.2) is 4.98 Å². The molecule has 20 heavy (non-hydrogen) atoms. The molecule has 2 aromatic heterocycles. The molecule has 0 spiro atoms. The van der Waals surface area contributed by atoms with E-state index in [1.165, 1.54) is 12.8 Å². The largest absolute Gasteiger partial charge is 0.369 e. The van der Waals surface area contributed by atoms with Crippen LogP contribution in [0.15, 0.2) is 11.4 Å². The van der Waals surface area contributed by atoms with E-state index in [0.29, 0.717) is 5.92 Å². The van der Waals surface area contributed by atoms with Crippen molar-refractivity contribution >= 4 is 33.3 Å². The van der Waals surface area contributed by atoms with Gasteiger partial charge < -0.3 is 10.6 Å². The molecule has 0 unspecified atom stereocenters. The van der Waals surface area contributed by atoms with Crippen LogP contribution in [0.5, 0.6) is 0 Å². The van der Waals surface area contributed by atoms with E-state index in [9.17, 15) is 0 Å². The number of nitrogens with one attached hydrogen (secondary N) is 2. The third kappa shape index (κ3) is 3.60. The topological polar surface area (TPSA) is 49.8 Å². The van der Waals surface area contributed by atoms with Crippen molar-refractivity contribution in [1.29, 1.82) is 0 Å². The molecule has 0 bridgehead atoms. The molecule has 0 saturated carbocycles. The number of rotatable bonds is 8. The van der Waals surface area contributed by atoms with Crippen molar-refractivity contribution in [2.24, 2.45) is 5.92 Å². The molecule has 110 valence electrons. The van der Waals surface area contributed by atoms with Gasteiger partial charge in [0, 0.05) is 13.1 Å². The van der Waals surface area contributed by atoms with E-state index < -0.39 is 0 Å². The summed E-state index contributed by atoms with van der Waals surface area (Å²) in [5, 5.41) is 9.99. The van der Waals surface area contributed by atoms with E-state index in [-0.39, 0.29) is 0 Å². The highest BCUT2D eigenvalue weighted by atomic mass is 32.1. The van der Waals surface area contributed by atoms with E-state index in [4.69, 9.17) is 0 Å². The average Bonchev–Trinajstić information content (AvgIpc) is 2.94. The Bertz CT molecular complexity index is 534. The number of thiophene rings is 1. The monoisotopic (exact) mass is 292 g/mol. The second kappa shape index (κ2) is 7.43. The van der Waals surface area contributed by atoms with Crippen molar-refractivity contribution in [2.75, 3.05) is 23.7 Å². The quantitative estimate of drug-likeness (QED) is 0.759. The van der Waals surface area contributed by atoms with Gasteiger partial charge in [0.1, 0.15) is 10.6 Å². The summed E-state index contributed by atoms with van der Waals surface area (Å²) in [6.07, 6.45) is 3.47. The zero-order valence-electron chi connectivity index (χ0n) is 12.6. The molecule has 2 heterocycles. The smallest absolute Gasteiger partial charge is 0.226 e. The van der Waals surface area contributed by atoms with Crippen molar-refractivity contribution in [1.82, 2.24) is 9.97 Å². The molecule has 2 rings (SSSR count). The van der Waals surface area contributed by atoms with Gasteiger partial charge in [-0.15, -0.1) is 11.3 Å². The number of anilines is 2. The Morgan fingerprint density at radius 1 is 1.15 bits per heavy atom. The first-order valence-corrected chi connectivity index (χ1v) is 8.39. The molecule has 5 heteroatoms. The zero-order valence-corrected chi connectivity index (χ0v) is 13.4. The molecule has 4 nitrogen and oxygen atoms in total. The normalized spacial score (nSPS) is 11.2. The van der Waals surface area contributed by atoms with Crippen LogP contribution in [0.25, 0.3) is 10.2 Å². The summed E-state index contributed by atoms with van der Waals surface area (Å²) in [6.45, 7) is 8.50. The molecule has 0 saturated heterocycles. The summed E-state index contributed by atoms with van der Waals surface area (Å²) in [4.78, 5) is 10.2. The van der Waals surface area contributed by atoms with Crippen molar-refractivity contribution in [2.45, 2.75) is 40.0 Å². The third-order valence-electron chi connectivity index (χ3n) is 3.57. The lowest BCUT2D eigenvalue weighted by Crippen LogP contribution is -2.14. The summed E-state index contributed by atoms with van der Waals surface area (Å²) in [5.41, 5.74) is 0. The molecular formula is C15H24N4S. The molecule has 0 amide bonds. The van der Waals surface area contributed by atoms with Gasteiger partial charge in [-0.05, 0) is 23.8 Å². The van der Waals surface area contributed by atoms with E-state index in [1.54, 1.807) is 11.3 Å². The van der Waals surface area contributed by atoms with Gasteiger partial charge in [-0.2, -0.15) is 4.98 Å². The van der Waals surface area contributed by atoms with Crippen LogP contribution in [0.4, 0.5) is 11.8 Å². The molecule has 2 aromatic rings. The molecule has 0 aliphatic carbocycles. The Morgan fingerprint density at radius 3 is 2.65 bits per heavy atom. The van der Waals surface area contributed by atoms with Gasteiger partial charge in [-0.3, -0.25) is 0 Å². The Kier molecular flexibility index (Phi) is 5.59. The Balaban J connectivity index is 2.18. The maximum atomic E-state index is 4.62. The second-order valence-electron chi connectivity index (χ2n) is 5.03. The number of hydrogen-bond donors (Lipinski definition) is 2. The predicted molar refractivity (Wildman–Crippen MR) is 88.8 cm³/mol. The number of fused-ring (bicyclic) bond motifs is 1. The van der Waals surface area contributed by atoms with Gasteiger partial charge in [0.05, 0.1) is 5.39 Å². The lowest BCUT2D eigenvalue weighted by molar-refractivity contribution is 0.518. The minimum atomic E-state index is 0.700. The van der Waals surface area contributed by atoms with Crippen LogP contribution < -0.4 is 10.6 Å². The fourth-order valence-corrected chi connectivity index (χ4v) is 2.89. The summed E-state index contributed by atoms with van der Waals surface area (Å²) in [5.74, 6) is 2.39. The summed E-state index contributed by atoms with van der Waals surface area (Å²) in [6, 6.07) is 2.10. The van der Waals surface area contributed by atoms with Crippen LogP contribution in [0.1, 0.15) is 40.0 Å². The van der Waals surface area contributed by atoms with Gasteiger partial charge in [0.15, 0.2) is 0 Å². The van der Waals surface area contributed by atoms with Gasteiger partial charge in [0.25, 0.3) is 0 Å². The average molecular weight is 292 g/mol. The van der Waals surface area contributed by atoms with Crippen LogP contribution in [0.2, 0.25) is 0 Å². The molecule has 0 atom stereocenters. The van der Waals surface area contributed by atoms with E-state index in [1.807, 2.05) is 0 Å². The maximum Gasteiger partial charge on any atom is 0.226 e. The van der Waals surface area contributed by atoms with Crippen molar-refractivity contribution in [3.05, 3.63) is 11.4 Å². The fraction of sp³-hybridized carbons (Fsp3) is 0.600. The third-order valence-corrected chi connectivity index (χ3v) is 4.38. The van der Waals surface area contributed by atoms with Crippen LogP contribution in [0.3, 0.4) is 0 Å². The number of hydrogen-bond acceptors (Lipinski definition) is 5. The molecule has 0 fully saturated rings. The van der Waals surface area contributed by atoms with Gasteiger partial charge >= 0.3 is 0 Å². The molecule has 0 aliphatic heterocycles. The summed E-state index contributed by atoms with van der Waals surface area (Å²) in [7, 11) is 0. The molecule has 0 radical (unpaired) electrons. The first kappa shape index (κ1) is 15.0. The van der Waals surface area contributed by atoms with Crippen LogP contribution >= 0.6 is 11.3 Å².